The number of ether oxygens (including phenoxy) is 2. The van der Waals surface area contributed by atoms with Crippen LogP contribution in [-0.2, 0) is 14.4 Å². The third kappa shape index (κ3) is 4.08. The van der Waals surface area contributed by atoms with E-state index in [9.17, 15) is 14.7 Å². The van der Waals surface area contributed by atoms with Crippen LogP contribution in [0.3, 0.4) is 0 Å². The van der Waals surface area contributed by atoms with E-state index < -0.39 is 24.0 Å². The molecule has 3 aromatic rings. The van der Waals surface area contributed by atoms with Gasteiger partial charge in [0, 0.05) is 0 Å². The van der Waals surface area contributed by atoms with E-state index in [0.29, 0.717) is 33.8 Å². The first-order chi connectivity index (χ1) is 17.4. The molecule has 2 aliphatic heterocycles. The van der Waals surface area contributed by atoms with Crippen molar-refractivity contribution in [2.24, 2.45) is 5.92 Å². The van der Waals surface area contributed by atoms with Crippen LogP contribution in [0.2, 0.25) is 0 Å². The Bertz CT molecular complexity index is 1280. The molecule has 0 saturated carbocycles. The average Bonchev–Trinajstić information content (AvgIpc) is 3.41. The molecule has 5 rings (SSSR count). The van der Waals surface area contributed by atoms with Gasteiger partial charge in [-0.25, -0.2) is 9.96 Å². The van der Waals surface area contributed by atoms with E-state index in [4.69, 9.17) is 14.3 Å². The smallest absolute Gasteiger partial charge is 0.266 e. The molecule has 2 saturated heterocycles. The number of amides is 2. The molecule has 2 aliphatic rings. The Morgan fingerprint density at radius 3 is 2.39 bits per heavy atom. The van der Waals surface area contributed by atoms with E-state index in [1.54, 1.807) is 41.5 Å². The molecular formula is C27H25BrN2O6. The third-order valence-electron chi connectivity index (χ3n) is 6.31. The van der Waals surface area contributed by atoms with Gasteiger partial charge in [-0.1, -0.05) is 25.1 Å². The molecule has 8 nitrogen and oxygen atoms in total. The lowest BCUT2D eigenvalue weighted by molar-refractivity contribution is -0.126. The van der Waals surface area contributed by atoms with E-state index in [1.165, 1.54) is 12.0 Å². The van der Waals surface area contributed by atoms with Crippen LogP contribution in [0.5, 0.6) is 17.2 Å². The second kappa shape index (κ2) is 9.83. The van der Waals surface area contributed by atoms with Crippen molar-refractivity contribution in [3.63, 3.8) is 0 Å². The number of phenols is 1. The summed E-state index contributed by atoms with van der Waals surface area (Å²) in [6.45, 7) is 2.60. The van der Waals surface area contributed by atoms with Gasteiger partial charge in [0.1, 0.15) is 11.7 Å². The minimum absolute atomic E-state index is 0.0520. The summed E-state index contributed by atoms with van der Waals surface area (Å²) in [5, 5.41) is 11.9. The summed E-state index contributed by atoms with van der Waals surface area (Å²) in [4.78, 5) is 34.7. The summed E-state index contributed by atoms with van der Waals surface area (Å²) >= 11 is 3.37. The monoisotopic (exact) mass is 552 g/mol. The number of anilines is 2. The zero-order valence-electron chi connectivity index (χ0n) is 19.8. The minimum atomic E-state index is -1.00. The molecular weight excluding hydrogens is 528 g/mol. The van der Waals surface area contributed by atoms with Crippen LogP contribution < -0.4 is 19.4 Å². The Balaban J connectivity index is 1.54. The Kier molecular flexibility index (Phi) is 6.59. The van der Waals surface area contributed by atoms with Gasteiger partial charge in [-0.2, -0.15) is 0 Å². The number of hydrogen-bond donors (Lipinski definition) is 1. The zero-order chi connectivity index (χ0) is 25.4. The normalized spacial score (nSPS) is 21.1. The number of hydroxylamine groups is 1. The van der Waals surface area contributed by atoms with Crippen LogP contribution in [0, 0.1) is 5.92 Å². The number of hydrogen-bond acceptors (Lipinski definition) is 7. The van der Waals surface area contributed by atoms with Crippen molar-refractivity contribution in [2.45, 2.75) is 25.5 Å². The first-order valence-electron chi connectivity index (χ1n) is 11.6. The lowest BCUT2D eigenvalue weighted by Crippen LogP contribution is -2.37. The number of halogens is 1. The molecule has 1 N–H and O–H groups in total. The topological polar surface area (TPSA) is 88.5 Å². The van der Waals surface area contributed by atoms with Crippen molar-refractivity contribution in [1.29, 1.82) is 0 Å². The van der Waals surface area contributed by atoms with Crippen LogP contribution in [0.25, 0.3) is 0 Å². The number of benzene rings is 3. The molecule has 0 unspecified atom stereocenters. The van der Waals surface area contributed by atoms with Gasteiger partial charge in [-0.3, -0.25) is 14.4 Å². The van der Waals surface area contributed by atoms with Crippen molar-refractivity contribution < 1.29 is 29.0 Å². The highest BCUT2D eigenvalue weighted by molar-refractivity contribution is 9.10. The number of carbonyl (C=O) groups excluding carboxylic acids is 2. The van der Waals surface area contributed by atoms with Gasteiger partial charge in [0.25, 0.3) is 5.91 Å². The van der Waals surface area contributed by atoms with Crippen LogP contribution in [0.15, 0.2) is 71.2 Å². The predicted molar refractivity (Wildman–Crippen MR) is 137 cm³/mol. The molecule has 0 aromatic heterocycles. The molecule has 186 valence electrons. The predicted octanol–water partition coefficient (Wildman–Crippen LogP) is 5.00. The standard InChI is InChI=1S/C27H25BrN2O6/c1-3-13-35-19-11-9-17(10-12-19)29-26(32)22-23(16-14-20(28)24(31)21(15-16)34-2)30(36-25(22)27(29)33)18-7-5-4-6-8-18/h4-12,14-15,22-23,25,31H,3,13H2,1-2H3/t22-,23+,25+/m0/s1. The molecule has 3 atom stereocenters. The summed E-state index contributed by atoms with van der Waals surface area (Å²) in [7, 11) is 1.45. The summed E-state index contributed by atoms with van der Waals surface area (Å²) in [6.07, 6.45) is -0.125. The lowest BCUT2D eigenvalue weighted by atomic mass is 9.90. The molecule has 2 fully saturated rings. The fourth-order valence-electron chi connectivity index (χ4n) is 4.64. The highest BCUT2D eigenvalue weighted by Crippen LogP contribution is 2.49. The number of methoxy groups -OCH3 is 1. The van der Waals surface area contributed by atoms with Gasteiger partial charge in [0.2, 0.25) is 5.91 Å². The van der Waals surface area contributed by atoms with Gasteiger partial charge in [-0.05, 0) is 76.4 Å². The highest BCUT2D eigenvalue weighted by Gasteiger charge is 2.60. The van der Waals surface area contributed by atoms with Crippen LogP contribution in [0.4, 0.5) is 11.4 Å². The Labute approximate surface area is 217 Å². The van der Waals surface area contributed by atoms with Crippen molar-refractivity contribution in [3.8, 4) is 17.2 Å². The van der Waals surface area contributed by atoms with Crippen molar-refractivity contribution in [1.82, 2.24) is 0 Å². The summed E-state index contributed by atoms with van der Waals surface area (Å²) in [5.41, 5.74) is 1.81. The summed E-state index contributed by atoms with van der Waals surface area (Å²) in [5.74, 6) is -0.740. The summed E-state index contributed by atoms with van der Waals surface area (Å²) in [6, 6.07) is 18.9. The number of rotatable bonds is 7. The van der Waals surface area contributed by atoms with Gasteiger partial charge in [0.05, 0.1) is 35.6 Å². The number of imide groups is 1. The summed E-state index contributed by atoms with van der Waals surface area (Å²) < 4.78 is 11.4. The zero-order valence-corrected chi connectivity index (χ0v) is 21.3. The molecule has 0 spiro atoms. The quantitative estimate of drug-likeness (QED) is 0.412. The van der Waals surface area contributed by atoms with E-state index in [-0.39, 0.29) is 17.4 Å². The van der Waals surface area contributed by atoms with Crippen LogP contribution in [0.1, 0.15) is 24.9 Å². The fourth-order valence-corrected chi connectivity index (χ4v) is 5.10. The molecule has 0 aliphatic carbocycles. The van der Waals surface area contributed by atoms with Crippen molar-refractivity contribution in [3.05, 3.63) is 76.8 Å². The lowest BCUT2D eigenvalue weighted by Gasteiger charge is -2.29. The number of phenolic OH excluding ortho intramolecular Hbond substituents is 1. The van der Waals surface area contributed by atoms with Crippen LogP contribution >= 0.6 is 15.9 Å². The average molecular weight is 553 g/mol. The first kappa shape index (κ1) is 24.1. The minimum Gasteiger partial charge on any atom is -0.503 e. The van der Waals surface area contributed by atoms with Gasteiger partial charge >= 0.3 is 0 Å². The number of fused-ring (bicyclic) bond motifs is 1. The largest absolute Gasteiger partial charge is 0.503 e. The van der Waals surface area contributed by atoms with Gasteiger partial charge in [-0.15, -0.1) is 0 Å². The Morgan fingerprint density at radius 1 is 1.00 bits per heavy atom. The molecule has 0 bridgehead atoms. The maximum absolute atomic E-state index is 13.8. The van der Waals surface area contributed by atoms with Gasteiger partial charge in [0.15, 0.2) is 17.6 Å². The number of nitrogens with zero attached hydrogens (tertiary/aromatic N) is 2. The van der Waals surface area contributed by atoms with Crippen LogP contribution in [-0.4, -0.2) is 36.7 Å². The second-order valence-corrected chi connectivity index (χ2v) is 9.42. The molecule has 9 heteroatoms. The highest BCUT2D eigenvalue weighted by atomic mass is 79.9. The first-order valence-corrected chi connectivity index (χ1v) is 12.4. The Hall–Kier alpha value is -3.56. The third-order valence-corrected chi connectivity index (χ3v) is 6.91. The van der Waals surface area contributed by atoms with E-state index in [1.807, 2.05) is 37.3 Å². The van der Waals surface area contributed by atoms with E-state index in [2.05, 4.69) is 15.9 Å². The maximum atomic E-state index is 13.8. The number of aromatic hydroxyl groups is 1. The maximum Gasteiger partial charge on any atom is 0.266 e. The van der Waals surface area contributed by atoms with Crippen molar-refractivity contribution >= 4 is 39.1 Å². The SMILES string of the molecule is CCCOc1ccc(N2C(=O)[C@H]3[C@@H](c4cc(Br)c(O)c(OC)c4)N(c4ccccc4)O[C@H]3C2=O)cc1. The van der Waals surface area contributed by atoms with E-state index in [0.717, 1.165) is 6.42 Å². The molecule has 2 heterocycles. The molecule has 3 aromatic carbocycles. The molecule has 0 radical (unpaired) electrons. The number of carbonyl (C=O) groups is 2. The molecule has 2 amide bonds. The van der Waals surface area contributed by atoms with Gasteiger partial charge < -0.3 is 14.6 Å². The van der Waals surface area contributed by atoms with Crippen molar-refractivity contribution in [2.75, 3.05) is 23.7 Å². The number of para-hydroxylation sites is 1. The molecule has 36 heavy (non-hydrogen) atoms. The second-order valence-electron chi connectivity index (χ2n) is 8.57. The van der Waals surface area contributed by atoms with E-state index >= 15 is 0 Å². The Morgan fingerprint density at radius 2 is 1.72 bits per heavy atom. The fraction of sp³-hybridized carbons (Fsp3) is 0.259.